The molecule has 0 spiro atoms. The zero-order valence-electron chi connectivity index (χ0n) is 12.7. The number of nitrogens with zero attached hydrogens (tertiary/aromatic N) is 2. The van der Waals surface area contributed by atoms with Crippen molar-refractivity contribution in [1.29, 1.82) is 0 Å². The van der Waals surface area contributed by atoms with E-state index in [9.17, 15) is 9.59 Å². The van der Waals surface area contributed by atoms with Crippen LogP contribution in [0.5, 0.6) is 0 Å². The number of esters is 1. The molecule has 21 heavy (non-hydrogen) atoms. The standard InChI is InChI=1S/C14H22N4O3/c1-14(2,3)21-12(20)10-5-4-6-18-11(19)7-9(8-15)16-13(18)17-10/h7,10H,4-6,8,15H2,1-3H3,(H,16,17). The van der Waals surface area contributed by atoms with E-state index in [0.717, 1.165) is 0 Å². The van der Waals surface area contributed by atoms with Gasteiger partial charge in [-0.25, -0.2) is 9.78 Å². The van der Waals surface area contributed by atoms with E-state index in [1.54, 1.807) is 0 Å². The summed E-state index contributed by atoms with van der Waals surface area (Å²) in [6.45, 7) is 6.18. The van der Waals surface area contributed by atoms with Gasteiger partial charge < -0.3 is 15.8 Å². The highest BCUT2D eigenvalue weighted by Crippen LogP contribution is 2.17. The molecule has 1 unspecified atom stereocenters. The lowest BCUT2D eigenvalue weighted by Crippen LogP contribution is -2.37. The number of fused-ring (bicyclic) bond motifs is 1. The summed E-state index contributed by atoms with van der Waals surface area (Å²) in [5.74, 6) is 0.0552. The lowest BCUT2D eigenvalue weighted by Gasteiger charge is -2.24. The number of nitrogens with two attached hydrogens (primary N) is 1. The van der Waals surface area contributed by atoms with Crippen molar-refractivity contribution < 1.29 is 9.53 Å². The maximum absolute atomic E-state index is 12.2. The minimum Gasteiger partial charge on any atom is -0.458 e. The van der Waals surface area contributed by atoms with E-state index in [4.69, 9.17) is 10.5 Å². The molecule has 0 radical (unpaired) electrons. The molecular formula is C14H22N4O3. The van der Waals surface area contributed by atoms with Crippen LogP contribution < -0.4 is 16.6 Å². The van der Waals surface area contributed by atoms with E-state index in [1.165, 1.54) is 10.6 Å². The van der Waals surface area contributed by atoms with Gasteiger partial charge in [-0.2, -0.15) is 0 Å². The zero-order valence-corrected chi connectivity index (χ0v) is 12.7. The highest BCUT2D eigenvalue weighted by molar-refractivity contribution is 5.79. The molecule has 1 atom stereocenters. The van der Waals surface area contributed by atoms with E-state index in [2.05, 4.69) is 10.3 Å². The van der Waals surface area contributed by atoms with Gasteiger partial charge >= 0.3 is 5.97 Å². The summed E-state index contributed by atoms with van der Waals surface area (Å²) in [7, 11) is 0. The van der Waals surface area contributed by atoms with Gasteiger partial charge in [0.15, 0.2) is 0 Å². The predicted molar refractivity (Wildman–Crippen MR) is 78.9 cm³/mol. The van der Waals surface area contributed by atoms with Crippen LogP contribution in [0.2, 0.25) is 0 Å². The number of rotatable bonds is 2. The van der Waals surface area contributed by atoms with Crippen molar-refractivity contribution in [2.45, 2.75) is 58.3 Å². The first-order chi connectivity index (χ1) is 9.80. The molecule has 116 valence electrons. The molecule has 0 aliphatic carbocycles. The number of hydrogen-bond donors (Lipinski definition) is 2. The topological polar surface area (TPSA) is 99.2 Å². The Morgan fingerprint density at radius 2 is 2.29 bits per heavy atom. The van der Waals surface area contributed by atoms with Crippen LogP contribution in [-0.4, -0.2) is 27.2 Å². The Bertz CT molecular complexity index is 589. The summed E-state index contributed by atoms with van der Waals surface area (Å²) in [5, 5.41) is 3.02. The number of carbonyl (C=O) groups is 1. The van der Waals surface area contributed by atoms with Crippen molar-refractivity contribution >= 4 is 11.9 Å². The molecule has 2 rings (SSSR count). The van der Waals surface area contributed by atoms with Gasteiger partial charge in [0.1, 0.15) is 11.6 Å². The number of nitrogens with one attached hydrogen (secondary N) is 1. The highest BCUT2D eigenvalue weighted by atomic mass is 16.6. The molecule has 2 heterocycles. The second kappa shape index (κ2) is 5.85. The van der Waals surface area contributed by atoms with Gasteiger partial charge in [-0.1, -0.05) is 0 Å². The summed E-state index contributed by atoms with van der Waals surface area (Å²) in [4.78, 5) is 28.5. The first kappa shape index (κ1) is 15.5. The molecule has 1 aromatic heterocycles. The molecule has 0 saturated carbocycles. The molecule has 0 bridgehead atoms. The average Bonchev–Trinajstić information content (AvgIpc) is 2.59. The number of hydrogen-bond acceptors (Lipinski definition) is 6. The molecule has 3 N–H and O–H groups in total. The van der Waals surface area contributed by atoms with Gasteiger partial charge in [0, 0.05) is 19.2 Å². The summed E-state index contributed by atoms with van der Waals surface area (Å²) >= 11 is 0. The largest absolute Gasteiger partial charge is 0.458 e. The van der Waals surface area contributed by atoms with Gasteiger partial charge in [0.05, 0.1) is 5.69 Å². The van der Waals surface area contributed by atoms with E-state index in [1.807, 2.05) is 20.8 Å². The SMILES string of the molecule is CC(C)(C)OC(=O)C1CCCn2c(nc(CN)cc2=O)N1. The molecular weight excluding hydrogens is 272 g/mol. The number of carbonyl (C=O) groups excluding carboxylic acids is 1. The normalized spacial score (nSPS) is 18.4. The minimum absolute atomic E-state index is 0.155. The molecule has 0 aromatic carbocycles. The van der Waals surface area contributed by atoms with E-state index in [0.29, 0.717) is 31.0 Å². The Balaban J connectivity index is 2.26. The molecule has 1 aromatic rings. The molecule has 7 nitrogen and oxygen atoms in total. The molecule has 1 aliphatic heterocycles. The second-order valence-electron chi connectivity index (χ2n) is 6.14. The fourth-order valence-electron chi connectivity index (χ4n) is 2.22. The highest BCUT2D eigenvalue weighted by Gasteiger charge is 2.28. The third-order valence-electron chi connectivity index (χ3n) is 3.14. The van der Waals surface area contributed by atoms with E-state index < -0.39 is 11.6 Å². The molecule has 1 aliphatic rings. The summed E-state index contributed by atoms with van der Waals surface area (Å²) in [6.07, 6.45) is 1.29. The van der Waals surface area contributed by atoms with Crippen LogP contribution >= 0.6 is 0 Å². The molecule has 0 amide bonds. The summed E-state index contributed by atoms with van der Waals surface area (Å²) in [6, 6.07) is 0.928. The van der Waals surface area contributed by atoms with Crippen LogP contribution in [-0.2, 0) is 22.6 Å². The third kappa shape index (κ3) is 3.81. The fourth-order valence-corrected chi connectivity index (χ4v) is 2.22. The second-order valence-corrected chi connectivity index (χ2v) is 6.14. The fraction of sp³-hybridized carbons (Fsp3) is 0.643. The maximum atomic E-state index is 12.2. The smallest absolute Gasteiger partial charge is 0.329 e. The third-order valence-corrected chi connectivity index (χ3v) is 3.14. The van der Waals surface area contributed by atoms with Gasteiger partial charge in [-0.3, -0.25) is 9.36 Å². The van der Waals surface area contributed by atoms with Crippen LogP contribution in [0.3, 0.4) is 0 Å². The van der Waals surface area contributed by atoms with Gasteiger partial charge in [0.2, 0.25) is 5.95 Å². The van der Waals surface area contributed by atoms with Crippen molar-refractivity contribution in [3.63, 3.8) is 0 Å². The van der Waals surface area contributed by atoms with Crippen molar-refractivity contribution in [1.82, 2.24) is 9.55 Å². The lowest BCUT2D eigenvalue weighted by molar-refractivity contribution is -0.155. The summed E-state index contributed by atoms with van der Waals surface area (Å²) in [5.41, 5.74) is 5.34. The van der Waals surface area contributed by atoms with Gasteiger partial charge in [0.25, 0.3) is 5.56 Å². The Labute approximate surface area is 123 Å². The minimum atomic E-state index is -0.544. The lowest BCUT2D eigenvalue weighted by atomic mass is 10.1. The first-order valence-corrected chi connectivity index (χ1v) is 7.10. The van der Waals surface area contributed by atoms with Crippen LogP contribution in [0, 0.1) is 0 Å². The molecule has 0 saturated heterocycles. The Kier molecular flexibility index (Phi) is 4.32. The van der Waals surface area contributed by atoms with Crippen molar-refractivity contribution in [3.8, 4) is 0 Å². The van der Waals surface area contributed by atoms with Crippen LogP contribution in [0.4, 0.5) is 5.95 Å². The number of anilines is 1. The number of aromatic nitrogens is 2. The van der Waals surface area contributed by atoms with Crippen molar-refractivity contribution in [2.75, 3.05) is 5.32 Å². The summed E-state index contributed by atoms with van der Waals surface area (Å²) < 4.78 is 6.92. The molecule has 0 fully saturated rings. The average molecular weight is 294 g/mol. The monoisotopic (exact) mass is 294 g/mol. The van der Waals surface area contributed by atoms with E-state index in [-0.39, 0.29) is 18.1 Å². The first-order valence-electron chi connectivity index (χ1n) is 7.10. The Morgan fingerprint density at radius 3 is 2.90 bits per heavy atom. The zero-order chi connectivity index (χ0) is 15.6. The maximum Gasteiger partial charge on any atom is 0.329 e. The quantitative estimate of drug-likeness (QED) is 0.776. The van der Waals surface area contributed by atoms with E-state index >= 15 is 0 Å². The van der Waals surface area contributed by atoms with Crippen molar-refractivity contribution in [2.24, 2.45) is 5.73 Å². The van der Waals surface area contributed by atoms with Gasteiger partial charge in [-0.15, -0.1) is 0 Å². The van der Waals surface area contributed by atoms with Crippen LogP contribution in [0.25, 0.3) is 0 Å². The predicted octanol–water partition coefficient (Wildman–Crippen LogP) is 0.618. The Morgan fingerprint density at radius 1 is 1.57 bits per heavy atom. The Hall–Kier alpha value is -1.89. The van der Waals surface area contributed by atoms with Crippen molar-refractivity contribution in [3.05, 3.63) is 22.1 Å². The van der Waals surface area contributed by atoms with Crippen LogP contribution in [0.15, 0.2) is 10.9 Å². The van der Waals surface area contributed by atoms with Crippen LogP contribution in [0.1, 0.15) is 39.3 Å². The van der Waals surface area contributed by atoms with Gasteiger partial charge in [-0.05, 0) is 33.6 Å². The number of ether oxygens (including phenoxy) is 1. The molecule has 7 heteroatoms.